The van der Waals surface area contributed by atoms with Gasteiger partial charge in [-0.05, 0) is 37.5 Å². The first kappa shape index (κ1) is 15.5. The molecule has 114 valence electrons. The van der Waals surface area contributed by atoms with Crippen molar-refractivity contribution in [2.24, 2.45) is 0 Å². The monoisotopic (exact) mass is 292 g/mol. The molecule has 1 unspecified atom stereocenters. The second kappa shape index (κ2) is 7.20. The van der Waals surface area contributed by atoms with Crippen molar-refractivity contribution in [1.29, 1.82) is 0 Å². The fourth-order valence-corrected chi connectivity index (χ4v) is 2.59. The molecule has 1 atom stereocenters. The third-order valence-electron chi connectivity index (χ3n) is 3.86. The molecule has 1 aliphatic carbocycles. The van der Waals surface area contributed by atoms with Gasteiger partial charge in [0.25, 0.3) is 0 Å². The average molecular weight is 292 g/mol. The highest BCUT2D eigenvalue weighted by Crippen LogP contribution is 2.17. The molecule has 0 spiro atoms. The van der Waals surface area contributed by atoms with Crippen molar-refractivity contribution in [1.82, 2.24) is 10.6 Å². The highest BCUT2D eigenvalue weighted by molar-refractivity contribution is 6.35. The molecule has 0 radical (unpaired) electrons. The number of hydrogen-bond donors (Lipinski definition) is 2. The lowest BCUT2D eigenvalue weighted by atomic mass is 9.95. The molecule has 0 aromatic heterocycles. The Bertz CT molecular complexity index is 496. The van der Waals surface area contributed by atoms with E-state index in [4.69, 9.17) is 0 Å². The van der Waals surface area contributed by atoms with Crippen molar-refractivity contribution < 1.29 is 14.0 Å². The van der Waals surface area contributed by atoms with Crippen LogP contribution in [0.2, 0.25) is 0 Å². The van der Waals surface area contributed by atoms with E-state index in [1.807, 2.05) is 0 Å². The van der Waals surface area contributed by atoms with Gasteiger partial charge in [-0.1, -0.05) is 31.4 Å². The number of nitrogens with one attached hydrogen (secondary N) is 2. The molecular weight excluding hydrogens is 271 g/mol. The standard InChI is InChI=1S/C16H21FN2O2/c1-11(12-7-9-13(17)10-8-12)18-15(20)16(21)19-14-5-3-2-4-6-14/h7-11,14H,2-6H2,1H3,(H,18,20)(H,19,21). The quantitative estimate of drug-likeness (QED) is 0.841. The van der Waals surface area contributed by atoms with Crippen LogP contribution in [0.15, 0.2) is 24.3 Å². The van der Waals surface area contributed by atoms with Crippen molar-refractivity contribution in [2.45, 2.75) is 51.1 Å². The maximum Gasteiger partial charge on any atom is 0.309 e. The summed E-state index contributed by atoms with van der Waals surface area (Å²) in [5, 5.41) is 5.41. The van der Waals surface area contributed by atoms with Crippen LogP contribution in [-0.2, 0) is 9.59 Å². The van der Waals surface area contributed by atoms with Gasteiger partial charge in [-0.25, -0.2) is 4.39 Å². The highest BCUT2D eigenvalue weighted by atomic mass is 19.1. The predicted molar refractivity (Wildman–Crippen MR) is 78.0 cm³/mol. The minimum absolute atomic E-state index is 0.109. The number of rotatable bonds is 3. The van der Waals surface area contributed by atoms with Crippen molar-refractivity contribution in [2.75, 3.05) is 0 Å². The number of halogens is 1. The summed E-state index contributed by atoms with van der Waals surface area (Å²) in [5.41, 5.74) is 0.759. The number of carbonyl (C=O) groups is 2. The molecule has 0 heterocycles. The topological polar surface area (TPSA) is 58.2 Å². The van der Waals surface area contributed by atoms with E-state index in [0.29, 0.717) is 0 Å². The summed E-state index contributed by atoms with van der Waals surface area (Å²) in [6.07, 6.45) is 5.26. The van der Waals surface area contributed by atoms with Gasteiger partial charge in [-0.3, -0.25) is 9.59 Å². The van der Waals surface area contributed by atoms with E-state index in [-0.39, 0.29) is 17.9 Å². The Morgan fingerprint density at radius 2 is 1.71 bits per heavy atom. The average Bonchev–Trinajstić information content (AvgIpc) is 2.48. The van der Waals surface area contributed by atoms with Gasteiger partial charge in [0.05, 0.1) is 6.04 Å². The summed E-state index contributed by atoms with van der Waals surface area (Å²) in [5.74, 6) is -1.56. The van der Waals surface area contributed by atoms with Crippen molar-refractivity contribution in [3.8, 4) is 0 Å². The van der Waals surface area contributed by atoms with Crippen LogP contribution in [-0.4, -0.2) is 17.9 Å². The second-order valence-electron chi connectivity index (χ2n) is 5.56. The molecule has 0 bridgehead atoms. The Hall–Kier alpha value is -1.91. The lowest BCUT2D eigenvalue weighted by Crippen LogP contribution is -2.45. The Morgan fingerprint density at radius 3 is 2.33 bits per heavy atom. The van der Waals surface area contributed by atoms with E-state index in [1.54, 1.807) is 19.1 Å². The van der Waals surface area contributed by atoms with E-state index in [1.165, 1.54) is 18.6 Å². The van der Waals surface area contributed by atoms with Crippen LogP contribution in [0.1, 0.15) is 50.6 Å². The lowest BCUT2D eigenvalue weighted by molar-refractivity contribution is -0.140. The van der Waals surface area contributed by atoms with Gasteiger partial charge in [-0.2, -0.15) is 0 Å². The predicted octanol–water partition coefficient (Wildman–Crippen LogP) is 2.45. The van der Waals surface area contributed by atoms with E-state index in [0.717, 1.165) is 31.2 Å². The molecule has 0 saturated heterocycles. The zero-order valence-electron chi connectivity index (χ0n) is 12.2. The molecule has 2 rings (SSSR count). The van der Waals surface area contributed by atoms with Crippen LogP contribution in [0.25, 0.3) is 0 Å². The molecule has 1 aromatic rings. The number of amides is 2. The molecule has 2 amide bonds. The van der Waals surface area contributed by atoms with Gasteiger partial charge < -0.3 is 10.6 Å². The molecule has 1 saturated carbocycles. The summed E-state index contributed by atoms with van der Waals surface area (Å²) in [4.78, 5) is 23.7. The first-order chi connectivity index (χ1) is 10.1. The number of benzene rings is 1. The van der Waals surface area contributed by atoms with Crippen LogP contribution in [0, 0.1) is 5.82 Å². The van der Waals surface area contributed by atoms with Gasteiger partial charge in [-0.15, -0.1) is 0 Å². The maximum absolute atomic E-state index is 12.8. The molecule has 1 aliphatic rings. The van der Waals surface area contributed by atoms with E-state index < -0.39 is 11.8 Å². The van der Waals surface area contributed by atoms with E-state index in [2.05, 4.69) is 10.6 Å². The van der Waals surface area contributed by atoms with E-state index >= 15 is 0 Å². The van der Waals surface area contributed by atoms with Crippen LogP contribution in [0.5, 0.6) is 0 Å². The number of carbonyl (C=O) groups excluding carboxylic acids is 2. The van der Waals surface area contributed by atoms with Gasteiger partial charge in [0.15, 0.2) is 0 Å². The minimum Gasteiger partial charge on any atom is -0.345 e. The van der Waals surface area contributed by atoms with Crippen LogP contribution in [0.3, 0.4) is 0 Å². The summed E-state index contributed by atoms with van der Waals surface area (Å²) < 4.78 is 12.8. The zero-order valence-corrected chi connectivity index (χ0v) is 12.2. The summed E-state index contributed by atoms with van der Waals surface area (Å²) >= 11 is 0. The minimum atomic E-state index is -0.641. The Morgan fingerprint density at radius 1 is 1.10 bits per heavy atom. The molecule has 1 fully saturated rings. The van der Waals surface area contributed by atoms with Crippen molar-refractivity contribution in [3.05, 3.63) is 35.6 Å². The molecule has 21 heavy (non-hydrogen) atoms. The molecular formula is C16H21FN2O2. The van der Waals surface area contributed by atoms with Gasteiger partial charge >= 0.3 is 11.8 Å². The highest BCUT2D eigenvalue weighted by Gasteiger charge is 2.21. The van der Waals surface area contributed by atoms with E-state index in [9.17, 15) is 14.0 Å². The molecule has 0 aliphatic heterocycles. The molecule has 4 nitrogen and oxygen atoms in total. The fourth-order valence-electron chi connectivity index (χ4n) is 2.59. The SMILES string of the molecule is CC(NC(=O)C(=O)NC1CCCCC1)c1ccc(F)cc1. The third-order valence-corrected chi connectivity index (χ3v) is 3.86. The normalized spacial score (nSPS) is 17.0. The first-order valence-corrected chi connectivity index (χ1v) is 7.43. The Kier molecular flexibility index (Phi) is 5.31. The Labute approximate surface area is 124 Å². The van der Waals surface area contributed by atoms with Gasteiger partial charge in [0, 0.05) is 6.04 Å². The molecule has 5 heteroatoms. The molecule has 1 aromatic carbocycles. The Balaban J connectivity index is 1.84. The van der Waals surface area contributed by atoms with Gasteiger partial charge in [0.1, 0.15) is 5.82 Å². The molecule has 2 N–H and O–H groups in total. The zero-order chi connectivity index (χ0) is 15.2. The third kappa shape index (κ3) is 4.55. The summed E-state index contributed by atoms with van der Waals surface area (Å²) in [7, 11) is 0. The fraction of sp³-hybridized carbons (Fsp3) is 0.500. The van der Waals surface area contributed by atoms with Crippen molar-refractivity contribution in [3.63, 3.8) is 0 Å². The summed E-state index contributed by atoms with van der Waals surface area (Å²) in [6, 6.07) is 5.63. The second-order valence-corrected chi connectivity index (χ2v) is 5.56. The van der Waals surface area contributed by atoms with Crippen molar-refractivity contribution >= 4 is 11.8 Å². The first-order valence-electron chi connectivity index (χ1n) is 7.43. The number of hydrogen-bond acceptors (Lipinski definition) is 2. The van der Waals surface area contributed by atoms with Gasteiger partial charge in [0.2, 0.25) is 0 Å². The smallest absolute Gasteiger partial charge is 0.309 e. The maximum atomic E-state index is 12.8. The largest absolute Gasteiger partial charge is 0.345 e. The van der Waals surface area contributed by atoms with Crippen LogP contribution in [0.4, 0.5) is 4.39 Å². The summed E-state index contributed by atoms with van der Waals surface area (Å²) in [6.45, 7) is 1.76. The van der Waals surface area contributed by atoms with Crippen LogP contribution >= 0.6 is 0 Å². The lowest BCUT2D eigenvalue weighted by Gasteiger charge is -2.23. The van der Waals surface area contributed by atoms with Crippen LogP contribution < -0.4 is 10.6 Å².